The van der Waals surface area contributed by atoms with Crippen LogP contribution in [0.1, 0.15) is 232 Å². The van der Waals surface area contributed by atoms with E-state index in [1.165, 1.54) is 167 Å². The van der Waals surface area contributed by atoms with Gasteiger partial charge in [0.25, 0.3) is 0 Å². The lowest BCUT2D eigenvalue weighted by Gasteiger charge is -2.26. The van der Waals surface area contributed by atoms with Crippen molar-refractivity contribution < 1.29 is 20.1 Å². The minimum Gasteiger partial charge on any atom is -0.394 e. The van der Waals surface area contributed by atoms with Crippen molar-refractivity contribution in [1.82, 2.24) is 5.32 Å². The first kappa shape index (κ1) is 48.8. The van der Waals surface area contributed by atoms with Crippen LogP contribution in [0.15, 0.2) is 24.3 Å². The minimum absolute atomic E-state index is 0.158. The third-order valence-corrected chi connectivity index (χ3v) is 10.3. The summed E-state index contributed by atoms with van der Waals surface area (Å²) in [6, 6.07) is -0.826. The van der Waals surface area contributed by atoms with Crippen molar-refractivity contribution in [2.75, 3.05) is 6.61 Å². The maximum atomic E-state index is 12.4. The van der Waals surface area contributed by atoms with Gasteiger partial charge in [-0.2, -0.15) is 0 Å². The van der Waals surface area contributed by atoms with Gasteiger partial charge in [0.1, 0.15) is 6.10 Å². The van der Waals surface area contributed by atoms with E-state index in [0.717, 1.165) is 38.5 Å². The van der Waals surface area contributed by atoms with Crippen LogP contribution in [-0.2, 0) is 4.79 Å². The lowest BCUT2D eigenvalue weighted by atomic mass is 10.0. The first-order valence-corrected chi connectivity index (χ1v) is 22.1. The number of aliphatic hydroxyl groups excluding tert-OH is 3. The first-order valence-electron chi connectivity index (χ1n) is 22.1. The molecule has 0 aliphatic carbocycles. The van der Waals surface area contributed by atoms with Crippen LogP contribution >= 0.6 is 0 Å². The van der Waals surface area contributed by atoms with Crippen LogP contribution in [0.5, 0.6) is 0 Å². The van der Waals surface area contributed by atoms with Crippen LogP contribution < -0.4 is 5.32 Å². The normalized spacial score (nSPS) is 13.8. The molecule has 0 saturated heterocycles. The zero-order valence-corrected chi connectivity index (χ0v) is 33.5. The number of amides is 1. The predicted octanol–water partition coefficient (Wildman–Crippen LogP) is 12.6. The number of rotatable bonds is 40. The number of nitrogens with one attached hydrogen (secondary N) is 1. The lowest BCUT2D eigenvalue weighted by Crippen LogP contribution is -2.50. The molecule has 3 atom stereocenters. The maximum Gasteiger partial charge on any atom is 0.220 e. The molecule has 0 aliphatic rings. The summed E-state index contributed by atoms with van der Waals surface area (Å²) in [5, 5.41) is 33.5. The van der Waals surface area contributed by atoms with Gasteiger partial charge in [0.15, 0.2) is 0 Å². The fraction of sp³-hybridized carbons (Fsp3) is 0.889. The van der Waals surface area contributed by atoms with Gasteiger partial charge in [-0.25, -0.2) is 0 Å². The average molecular weight is 706 g/mol. The Morgan fingerprint density at radius 1 is 0.480 bits per heavy atom. The molecule has 3 unspecified atom stereocenters. The van der Waals surface area contributed by atoms with E-state index in [-0.39, 0.29) is 12.5 Å². The van der Waals surface area contributed by atoms with Crippen molar-refractivity contribution >= 4 is 5.91 Å². The Hall–Kier alpha value is -1.17. The van der Waals surface area contributed by atoms with Gasteiger partial charge in [-0.05, 0) is 64.2 Å². The number of hydrogen-bond acceptors (Lipinski definition) is 4. The molecule has 0 radical (unpaired) electrons. The molecular weight excluding hydrogens is 618 g/mol. The summed E-state index contributed by atoms with van der Waals surface area (Å²) < 4.78 is 0. The highest BCUT2D eigenvalue weighted by Gasteiger charge is 2.26. The maximum absolute atomic E-state index is 12.4. The Kier molecular flexibility index (Phi) is 39.6. The highest BCUT2D eigenvalue weighted by atomic mass is 16.3. The summed E-state index contributed by atoms with van der Waals surface area (Å²) in [7, 11) is 0. The van der Waals surface area contributed by atoms with Gasteiger partial charge < -0.3 is 20.6 Å². The lowest BCUT2D eigenvalue weighted by molar-refractivity contribution is -0.124. The third kappa shape index (κ3) is 35.2. The van der Waals surface area contributed by atoms with Crippen LogP contribution in [0.4, 0.5) is 0 Å². The van der Waals surface area contributed by atoms with Crippen molar-refractivity contribution in [3.63, 3.8) is 0 Å². The molecule has 296 valence electrons. The van der Waals surface area contributed by atoms with E-state index in [4.69, 9.17) is 0 Å². The number of carbonyl (C=O) groups is 1. The van der Waals surface area contributed by atoms with Crippen LogP contribution in [0.3, 0.4) is 0 Å². The second-order valence-corrected chi connectivity index (χ2v) is 15.2. The molecule has 50 heavy (non-hydrogen) atoms. The molecule has 0 saturated carbocycles. The van der Waals surface area contributed by atoms with E-state index >= 15 is 0 Å². The Balaban J connectivity index is 3.66. The van der Waals surface area contributed by atoms with Gasteiger partial charge in [0.2, 0.25) is 5.91 Å². The summed E-state index contributed by atoms with van der Waals surface area (Å²) >= 11 is 0. The molecule has 0 heterocycles. The number of aliphatic hydroxyl groups is 3. The van der Waals surface area contributed by atoms with E-state index in [9.17, 15) is 20.1 Å². The smallest absolute Gasteiger partial charge is 0.220 e. The number of carbonyl (C=O) groups excluding carboxylic acids is 1. The van der Waals surface area contributed by atoms with E-state index in [2.05, 4.69) is 43.5 Å². The Morgan fingerprint density at radius 3 is 1.16 bits per heavy atom. The Bertz CT molecular complexity index is 739. The average Bonchev–Trinajstić information content (AvgIpc) is 3.12. The molecule has 4 N–H and O–H groups in total. The fourth-order valence-electron chi connectivity index (χ4n) is 6.80. The first-order chi connectivity index (χ1) is 24.6. The van der Waals surface area contributed by atoms with Crippen molar-refractivity contribution in [3.8, 4) is 0 Å². The van der Waals surface area contributed by atoms with Crippen LogP contribution in [0.25, 0.3) is 0 Å². The molecule has 5 nitrogen and oxygen atoms in total. The quantitative estimate of drug-likeness (QED) is 0.0377. The van der Waals surface area contributed by atoms with E-state index < -0.39 is 18.2 Å². The van der Waals surface area contributed by atoms with Gasteiger partial charge in [0.05, 0.1) is 18.8 Å². The molecule has 5 heteroatoms. The predicted molar refractivity (Wildman–Crippen MR) is 218 cm³/mol. The zero-order chi connectivity index (χ0) is 36.6. The monoisotopic (exact) mass is 706 g/mol. The van der Waals surface area contributed by atoms with Crippen molar-refractivity contribution in [1.29, 1.82) is 0 Å². The molecule has 0 fully saturated rings. The molecule has 0 aromatic heterocycles. The molecule has 0 rings (SSSR count). The van der Waals surface area contributed by atoms with Gasteiger partial charge >= 0.3 is 0 Å². The molecular formula is C45H87NO4. The molecule has 0 aliphatic heterocycles. The van der Waals surface area contributed by atoms with Gasteiger partial charge in [0, 0.05) is 6.42 Å². The van der Waals surface area contributed by atoms with E-state index in [1.807, 2.05) is 0 Å². The Morgan fingerprint density at radius 2 is 0.800 bits per heavy atom. The largest absolute Gasteiger partial charge is 0.394 e. The summed E-state index contributed by atoms with van der Waals surface area (Å²) in [5.74, 6) is -0.158. The molecule has 0 aromatic rings. The number of hydrogen-bond donors (Lipinski definition) is 4. The third-order valence-electron chi connectivity index (χ3n) is 10.3. The van der Waals surface area contributed by atoms with Gasteiger partial charge in [-0.3, -0.25) is 4.79 Å². The Labute approximate surface area is 312 Å². The number of allylic oxidation sites excluding steroid dienone is 4. The second-order valence-electron chi connectivity index (χ2n) is 15.2. The van der Waals surface area contributed by atoms with Crippen molar-refractivity contribution in [3.05, 3.63) is 24.3 Å². The van der Waals surface area contributed by atoms with Crippen molar-refractivity contribution in [2.24, 2.45) is 0 Å². The van der Waals surface area contributed by atoms with Gasteiger partial charge in [-0.1, -0.05) is 186 Å². The number of unbranched alkanes of at least 4 members (excludes halogenated alkanes) is 28. The standard InChI is InChI=1S/C45H87NO4/c1-3-5-7-9-11-13-15-17-19-21-22-23-24-26-28-30-32-34-36-38-40-44(49)46-42(41-47)45(50)43(48)39-37-35-33-31-29-27-25-20-18-16-14-12-10-8-6-4-2/h22-23,31,33,42-43,45,47-48,50H,3-21,24-30,32,34-41H2,1-2H3,(H,46,49)/b23-22-,33-31+. The van der Waals surface area contributed by atoms with E-state index in [0.29, 0.717) is 12.8 Å². The second kappa shape index (κ2) is 40.6. The summed E-state index contributed by atoms with van der Waals surface area (Å²) in [5.41, 5.74) is 0. The fourth-order valence-corrected chi connectivity index (χ4v) is 6.80. The topological polar surface area (TPSA) is 89.8 Å². The van der Waals surface area contributed by atoms with Crippen molar-refractivity contribution in [2.45, 2.75) is 250 Å². The molecule has 0 bridgehead atoms. The summed E-state index contributed by atoms with van der Waals surface area (Å²) in [4.78, 5) is 12.4. The minimum atomic E-state index is -1.16. The highest BCUT2D eigenvalue weighted by molar-refractivity contribution is 5.76. The zero-order valence-electron chi connectivity index (χ0n) is 33.5. The van der Waals surface area contributed by atoms with Gasteiger partial charge in [-0.15, -0.1) is 0 Å². The summed E-state index contributed by atoms with van der Waals surface area (Å²) in [6.45, 7) is 4.17. The van der Waals surface area contributed by atoms with Crippen LogP contribution in [0, 0.1) is 0 Å². The van der Waals surface area contributed by atoms with E-state index in [1.54, 1.807) is 0 Å². The molecule has 1 amide bonds. The molecule has 0 spiro atoms. The SMILES string of the molecule is CCCCCCCCCCC/C=C\CCCCCCCCCC(=O)NC(CO)C(O)C(O)CCC/C=C/CCCCCCCCCCCCC. The highest BCUT2D eigenvalue weighted by Crippen LogP contribution is 2.15. The van der Waals surface area contributed by atoms with Crippen LogP contribution in [-0.4, -0.2) is 46.1 Å². The molecule has 0 aromatic carbocycles. The summed E-state index contributed by atoms with van der Waals surface area (Å²) in [6.07, 6.45) is 48.6. The van der Waals surface area contributed by atoms with Crippen LogP contribution in [0.2, 0.25) is 0 Å².